The fourth-order valence-corrected chi connectivity index (χ4v) is 2.12. The molecule has 3 nitrogen and oxygen atoms in total. The minimum absolute atomic E-state index is 0.279. The zero-order valence-corrected chi connectivity index (χ0v) is 8.97. The lowest BCUT2D eigenvalue weighted by molar-refractivity contribution is 1.23. The first-order chi connectivity index (χ1) is 7.25. The average Bonchev–Trinajstić information content (AvgIpc) is 2.65. The van der Waals surface area contributed by atoms with Gasteiger partial charge in [0.05, 0.1) is 11.0 Å². The number of rotatable bonds is 0. The van der Waals surface area contributed by atoms with E-state index >= 15 is 0 Å². The Labute approximate surface area is 95.0 Å². The van der Waals surface area contributed by atoms with Gasteiger partial charge in [-0.2, -0.15) is 0 Å². The molecule has 0 aliphatic rings. The lowest BCUT2D eigenvalue weighted by Crippen LogP contribution is -1.87. The molecule has 0 aliphatic carbocycles. The maximum atomic E-state index is 6.03. The summed E-state index contributed by atoms with van der Waals surface area (Å²) in [6, 6.07) is 5.69. The molecule has 0 saturated carbocycles. The second-order valence-electron chi connectivity index (χ2n) is 3.18. The van der Waals surface area contributed by atoms with Gasteiger partial charge in [0.1, 0.15) is 5.15 Å². The van der Waals surface area contributed by atoms with E-state index < -0.39 is 0 Å². The van der Waals surface area contributed by atoms with Gasteiger partial charge in [0.2, 0.25) is 5.28 Å². The highest BCUT2D eigenvalue weighted by Crippen LogP contribution is 2.28. The maximum Gasteiger partial charge on any atom is 0.201 e. The number of hydrogen-bond donors (Lipinski definition) is 1. The van der Waals surface area contributed by atoms with Crippen LogP contribution in [-0.2, 0) is 0 Å². The van der Waals surface area contributed by atoms with E-state index in [1.54, 1.807) is 6.20 Å². The van der Waals surface area contributed by atoms with Crippen LogP contribution in [0.4, 0.5) is 0 Å². The molecular formula is C10H5Cl2N3. The Bertz CT molecular complexity index is 660. The molecule has 1 aromatic carbocycles. The molecule has 0 unspecified atom stereocenters. The molecule has 74 valence electrons. The van der Waals surface area contributed by atoms with E-state index in [1.165, 1.54) is 0 Å². The van der Waals surface area contributed by atoms with E-state index in [0.717, 1.165) is 21.8 Å². The van der Waals surface area contributed by atoms with Crippen LogP contribution < -0.4 is 0 Å². The summed E-state index contributed by atoms with van der Waals surface area (Å²) in [5, 5.41) is 2.58. The predicted molar refractivity (Wildman–Crippen MR) is 61.4 cm³/mol. The Morgan fingerprint density at radius 2 is 1.93 bits per heavy atom. The lowest BCUT2D eigenvalue weighted by atomic mass is 10.2. The van der Waals surface area contributed by atoms with Crippen LogP contribution in [0.3, 0.4) is 0 Å². The van der Waals surface area contributed by atoms with Crippen LogP contribution in [0.25, 0.3) is 21.8 Å². The molecule has 0 aliphatic heterocycles. The molecule has 3 aromatic rings. The molecule has 0 bridgehead atoms. The van der Waals surface area contributed by atoms with E-state index in [1.807, 2.05) is 18.2 Å². The van der Waals surface area contributed by atoms with Crippen LogP contribution in [0.15, 0.2) is 24.4 Å². The first-order valence-electron chi connectivity index (χ1n) is 4.34. The van der Waals surface area contributed by atoms with Crippen LogP contribution in [0.1, 0.15) is 0 Å². The number of nitrogens with zero attached hydrogens (tertiary/aromatic N) is 2. The average molecular weight is 238 g/mol. The summed E-state index contributed by atoms with van der Waals surface area (Å²) >= 11 is 11.8. The van der Waals surface area contributed by atoms with Crippen molar-refractivity contribution in [2.45, 2.75) is 0 Å². The van der Waals surface area contributed by atoms with Crippen molar-refractivity contribution in [1.82, 2.24) is 15.0 Å². The number of nitrogens with one attached hydrogen (secondary N) is 1. The zero-order chi connectivity index (χ0) is 10.4. The molecule has 1 N–H and O–H groups in total. The van der Waals surface area contributed by atoms with Crippen LogP contribution in [0.2, 0.25) is 10.4 Å². The minimum Gasteiger partial charge on any atom is -0.320 e. The normalized spacial score (nSPS) is 11.3. The molecule has 15 heavy (non-hydrogen) atoms. The van der Waals surface area contributed by atoms with Gasteiger partial charge in [-0.05, 0) is 29.8 Å². The second kappa shape index (κ2) is 3.08. The zero-order valence-electron chi connectivity index (χ0n) is 7.46. The van der Waals surface area contributed by atoms with Gasteiger partial charge in [-0.15, -0.1) is 0 Å². The monoisotopic (exact) mass is 237 g/mol. The largest absolute Gasteiger partial charge is 0.320 e. The van der Waals surface area contributed by atoms with E-state index in [4.69, 9.17) is 23.2 Å². The summed E-state index contributed by atoms with van der Waals surface area (Å²) in [4.78, 5) is 11.2. The molecule has 0 radical (unpaired) electrons. The van der Waals surface area contributed by atoms with Gasteiger partial charge in [-0.3, -0.25) is 4.98 Å². The Balaban J connectivity index is 2.61. The number of aromatic nitrogens is 3. The molecule has 0 atom stereocenters. The van der Waals surface area contributed by atoms with Gasteiger partial charge in [0, 0.05) is 17.0 Å². The summed E-state index contributed by atoms with van der Waals surface area (Å²) in [7, 11) is 0. The Morgan fingerprint density at radius 3 is 2.80 bits per heavy atom. The van der Waals surface area contributed by atoms with Gasteiger partial charge >= 0.3 is 0 Å². The van der Waals surface area contributed by atoms with E-state index in [-0.39, 0.29) is 5.28 Å². The lowest BCUT2D eigenvalue weighted by Gasteiger charge is -2.02. The van der Waals surface area contributed by atoms with Crippen molar-refractivity contribution in [1.29, 1.82) is 0 Å². The summed E-state index contributed by atoms with van der Waals surface area (Å²) in [5.74, 6) is 0. The third-order valence-corrected chi connectivity index (χ3v) is 2.79. The molecule has 3 rings (SSSR count). The molecule has 0 spiro atoms. The first kappa shape index (κ1) is 8.95. The van der Waals surface area contributed by atoms with E-state index in [0.29, 0.717) is 5.15 Å². The smallest absolute Gasteiger partial charge is 0.201 e. The fourth-order valence-electron chi connectivity index (χ4n) is 1.65. The van der Waals surface area contributed by atoms with Crippen molar-refractivity contribution in [3.8, 4) is 0 Å². The molecule has 5 heteroatoms. The highest BCUT2D eigenvalue weighted by molar-refractivity contribution is 6.36. The summed E-state index contributed by atoms with van der Waals surface area (Å²) in [6.07, 6.45) is 1.74. The predicted octanol–water partition coefficient (Wildman–Crippen LogP) is 3.42. The van der Waals surface area contributed by atoms with Gasteiger partial charge in [0.15, 0.2) is 0 Å². The molecular weight excluding hydrogens is 233 g/mol. The number of aromatic amines is 1. The van der Waals surface area contributed by atoms with Gasteiger partial charge in [-0.1, -0.05) is 11.6 Å². The third-order valence-electron chi connectivity index (χ3n) is 2.31. The number of fused-ring (bicyclic) bond motifs is 3. The van der Waals surface area contributed by atoms with Crippen molar-refractivity contribution in [2.24, 2.45) is 0 Å². The minimum atomic E-state index is 0.279. The van der Waals surface area contributed by atoms with Crippen molar-refractivity contribution in [2.75, 3.05) is 0 Å². The molecule has 2 aromatic heterocycles. The number of hydrogen-bond acceptors (Lipinski definition) is 2. The Morgan fingerprint density at radius 1 is 1.07 bits per heavy atom. The molecule has 0 saturated heterocycles. The summed E-state index contributed by atoms with van der Waals surface area (Å²) in [5.41, 5.74) is 1.67. The van der Waals surface area contributed by atoms with E-state index in [9.17, 15) is 0 Å². The quantitative estimate of drug-likeness (QED) is 0.481. The maximum absolute atomic E-state index is 6.03. The van der Waals surface area contributed by atoms with Gasteiger partial charge in [-0.25, -0.2) is 4.98 Å². The summed E-state index contributed by atoms with van der Waals surface area (Å²) in [6.45, 7) is 0. The summed E-state index contributed by atoms with van der Waals surface area (Å²) < 4.78 is 0. The van der Waals surface area contributed by atoms with Crippen LogP contribution in [0.5, 0.6) is 0 Å². The van der Waals surface area contributed by atoms with E-state index in [2.05, 4.69) is 15.0 Å². The fraction of sp³-hybridized carbons (Fsp3) is 0. The molecule has 0 amide bonds. The molecule has 0 fully saturated rings. The standard InChI is InChI=1S/C10H5Cl2N3/c11-9-6-1-2-7-5(3-4-13-7)8(6)14-10(12)15-9/h1-4H,(H,14,15). The van der Waals surface area contributed by atoms with Crippen molar-refractivity contribution in [3.05, 3.63) is 34.8 Å². The second-order valence-corrected chi connectivity index (χ2v) is 3.92. The number of halogens is 2. The van der Waals surface area contributed by atoms with Crippen molar-refractivity contribution in [3.63, 3.8) is 0 Å². The van der Waals surface area contributed by atoms with Crippen LogP contribution >= 0.6 is 23.2 Å². The van der Waals surface area contributed by atoms with Gasteiger partial charge < -0.3 is 4.98 Å². The van der Waals surface area contributed by atoms with Crippen molar-refractivity contribution >= 4 is 45.0 Å². The number of H-pyrrole nitrogens is 1. The SMILES string of the molecule is Clc1nc2c(ccc3nccc32)c(Cl)[nH]1. The highest BCUT2D eigenvalue weighted by Gasteiger charge is 2.07. The first-order valence-corrected chi connectivity index (χ1v) is 5.10. The number of benzene rings is 1. The topological polar surface area (TPSA) is 41.6 Å². The third kappa shape index (κ3) is 1.28. The highest BCUT2D eigenvalue weighted by atomic mass is 35.5. The van der Waals surface area contributed by atoms with Crippen LogP contribution in [0, 0.1) is 0 Å². The Kier molecular flexibility index (Phi) is 1.84. The van der Waals surface area contributed by atoms with Crippen molar-refractivity contribution < 1.29 is 0 Å². The van der Waals surface area contributed by atoms with Crippen LogP contribution in [-0.4, -0.2) is 15.0 Å². The van der Waals surface area contributed by atoms with Gasteiger partial charge in [0.25, 0.3) is 0 Å². The Hall–Kier alpha value is -1.32. The molecule has 2 heterocycles.